The Morgan fingerprint density at radius 3 is 2.23 bits per heavy atom. The summed E-state index contributed by atoms with van der Waals surface area (Å²) < 4.78 is 24.3. The number of nitriles is 1. The maximum Gasteiger partial charge on any atom is 0.335 e. The number of piperazine rings is 1. The molecule has 0 saturated carbocycles. The first-order valence-electron chi connectivity index (χ1n) is 7.66. The Hall–Kier alpha value is -2.90. The minimum absolute atomic E-state index is 0.0859. The van der Waals surface area contributed by atoms with E-state index in [2.05, 4.69) is 5.32 Å². The largest absolute Gasteiger partial charge is 0.478 e. The molecule has 2 rings (SSSR count). The Kier molecular flexibility index (Phi) is 5.97. The van der Waals surface area contributed by atoms with Crippen molar-refractivity contribution in [3.63, 3.8) is 0 Å². The van der Waals surface area contributed by atoms with Crippen LogP contribution in [0.1, 0.15) is 10.4 Å². The van der Waals surface area contributed by atoms with E-state index in [1.807, 2.05) is 6.07 Å². The van der Waals surface area contributed by atoms with Gasteiger partial charge in [0.1, 0.15) is 11.6 Å². The molecule has 0 bridgehead atoms. The fourth-order valence-corrected chi connectivity index (χ4v) is 3.21. The van der Waals surface area contributed by atoms with Gasteiger partial charge in [-0.05, 0) is 24.3 Å². The van der Waals surface area contributed by atoms with Crippen LogP contribution in [0.2, 0.25) is 0 Å². The van der Waals surface area contributed by atoms with E-state index in [-0.39, 0.29) is 24.2 Å². The molecular weight excluding hydrogens is 360 g/mol. The second-order valence-electron chi connectivity index (χ2n) is 5.69. The number of carboxylic acids is 1. The lowest BCUT2D eigenvalue weighted by molar-refractivity contribution is -0.112. The summed E-state index contributed by atoms with van der Waals surface area (Å²) in [6, 6.07) is 7.38. The Morgan fingerprint density at radius 1 is 1.19 bits per heavy atom. The van der Waals surface area contributed by atoms with Crippen LogP contribution in [-0.2, 0) is 14.8 Å². The fraction of sp³-hybridized carbons (Fsp3) is 0.312. The number of amides is 1. The first-order valence-corrected chi connectivity index (χ1v) is 9.51. The average Bonchev–Trinajstić information content (AvgIpc) is 2.59. The van der Waals surface area contributed by atoms with Gasteiger partial charge in [-0.25, -0.2) is 13.2 Å². The predicted octanol–water partition coefficient (Wildman–Crippen LogP) is 0.308. The molecule has 2 N–H and O–H groups in total. The highest BCUT2D eigenvalue weighted by Gasteiger charge is 2.23. The summed E-state index contributed by atoms with van der Waals surface area (Å²) in [5, 5.41) is 20.6. The number of carboxylic acid groups (broad SMARTS) is 1. The summed E-state index contributed by atoms with van der Waals surface area (Å²) in [6.45, 7) is 1.32. The van der Waals surface area contributed by atoms with Crippen molar-refractivity contribution >= 4 is 27.6 Å². The van der Waals surface area contributed by atoms with E-state index in [0.717, 1.165) is 6.26 Å². The van der Waals surface area contributed by atoms with Crippen molar-refractivity contribution < 1.29 is 23.1 Å². The van der Waals surface area contributed by atoms with Gasteiger partial charge in [0.25, 0.3) is 5.91 Å². The quantitative estimate of drug-likeness (QED) is 0.557. The summed E-state index contributed by atoms with van der Waals surface area (Å²) >= 11 is 0. The van der Waals surface area contributed by atoms with Crippen molar-refractivity contribution in [2.24, 2.45) is 0 Å². The average molecular weight is 378 g/mol. The van der Waals surface area contributed by atoms with Crippen LogP contribution in [0, 0.1) is 11.3 Å². The van der Waals surface area contributed by atoms with Crippen LogP contribution < -0.4 is 5.32 Å². The summed E-state index contributed by atoms with van der Waals surface area (Å²) in [7, 11) is -3.25. The molecule has 0 unspecified atom stereocenters. The number of aromatic carboxylic acids is 1. The molecular formula is C16H18N4O5S. The molecule has 1 heterocycles. The van der Waals surface area contributed by atoms with Crippen LogP contribution in [-0.4, -0.2) is 67.0 Å². The first kappa shape index (κ1) is 19.4. The predicted molar refractivity (Wildman–Crippen MR) is 93.7 cm³/mol. The molecule has 0 aliphatic carbocycles. The number of carbonyl (C=O) groups excluding carboxylic acids is 1. The van der Waals surface area contributed by atoms with E-state index in [1.54, 1.807) is 4.90 Å². The van der Waals surface area contributed by atoms with Gasteiger partial charge in [0.2, 0.25) is 10.0 Å². The molecule has 1 fully saturated rings. The first-order chi connectivity index (χ1) is 12.2. The van der Waals surface area contributed by atoms with Gasteiger partial charge in [-0.2, -0.15) is 9.57 Å². The van der Waals surface area contributed by atoms with Crippen molar-refractivity contribution in [3.8, 4) is 6.07 Å². The molecule has 138 valence electrons. The molecule has 1 aliphatic heterocycles. The van der Waals surface area contributed by atoms with Crippen molar-refractivity contribution in [3.05, 3.63) is 41.6 Å². The number of nitrogens with one attached hydrogen (secondary N) is 1. The number of anilines is 1. The molecule has 1 aromatic rings. The Balaban J connectivity index is 2.01. The number of hydrogen-bond donors (Lipinski definition) is 2. The van der Waals surface area contributed by atoms with Crippen molar-refractivity contribution in [1.29, 1.82) is 5.26 Å². The number of sulfonamides is 1. The molecule has 1 amide bonds. The van der Waals surface area contributed by atoms with Crippen molar-refractivity contribution in [2.75, 3.05) is 37.8 Å². The van der Waals surface area contributed by atoms with Crippen LogP contribution in [0.25, 0.3) is 0 Å². The summed E-state index contributed by atoms with van der Waals surface area (Å²) in [5.74, 6) is -1.70. The van der Waals surface area contributed by atoms with Gasteiger partial charge in [0, 0.05) is 38.1 Å². The van der Waals surface area contributed by atoms with Gasteiger partial charge < -0.3 is 15.3 Å². The standard InChI is InChI=1S/C16H18N4O5S/c1-26(24,25)20-8-6-19(7-9-20)11-13(10-17)15(21)18-14-4-2-12(3-5-14)16(22)23/h2-5,11H,6-9H2,1H3,(H,18,21)(H,22,23)/b13-11-. The van der Waals surface area contributed by atoms with Gasteiger partial charge >= 0.3 is 5.97 Å². The summed E-state index contributed by atoms with van der Waals surface area (Å²) in [4.78, 5) is 24.7. The van der Waals surface area contributed by atoms with Crippen LogP contribution in [0.15, 0.2) is 36.0 Å². The summed E-state index contributed by atoms with van der Waals surface area (Å²) in [6.07, 6.45) is 2.54. The molecule has 0 radical (unpaired) electrons. The molecule has 1 aromatic carbocycles. The Morgan fingerprint density at radius 2 is 1.77 bits per heavy atom. The van der Waals surface area contributed by atoms with Gasteiger partial charge in [-0.15, -0.1) is 0 Å². The third-order valence-corrected chi connectivity index (χ3v) is 5.11. The molecule has 9 nitrogen and oxygen atoms in total. The maximum absolute atomic E-state index is 12.2. The highest BCUT2D eigenvalue weighted by Crippen LogP contribution is 2.12. The monoisotopic (exact) mass is 378 g/mol. The third kappa shape index (κ3) is 5.05. The number of hydrogen-bond acceptors (Lipinski definition) is 6. The van der Waals surface area contributed by atoms with Gasteiger partial charge in [-0.1, -0.05) is 0 Å². The summed E-state index contributed by atoms with van der Waals surface area (Å²) in [5.41, 5.74) is 0.325. The fourth-order valence-electron chi connectivity index (χ4n) is 2.38. The molecule has 0 aromatic heterocycles. The smallest absolute Gasteiger partial charge is 0.335 e. The molecule has 10 heteroatoms. The lowest BCUT2D eigenvalue weighted by Crippen LogP contribution is -2.46. The van der Waals surface area contributed by atoms with Gasteiger partial charge in [0.15, 0.2) is 0 Å². The molecule has 0 spiro atoms. The number of benzene rings is 1. The topological polar surface area (TPSA) is 131 Å². The van der Waals surface area contributed by atoms with Gasteiger partial charge in [0.05, 0.1) is 11.8 Å². The minimum Gasteiger partial charge on any atom is -0.478 e. The lowest BCUT2D eigenvalue weighted by Gasteiger charge is -2.32. The van der Waals surface area contributed by atoms with E-state index in [0.29, 0.717) is 18.8 Å². The van der Waals surface area contributed by atoms with E-state index in [4.69, 9.17) is 5.11 Å². The minimum atomic E-state index is -3.25. The second kappa shape index (κ2) is 7.99. The van der Waals surface area contributed by atoms with Crippen LogP contribution >= 0.6 is 0 Å². The SMILES string of the molecule is CS(=O)(=O)N1CCN(/C=C(/C#N)C(=O)Nc2ccc(C(=O)O)cc2)CC1. The van der Waals surface area contributed by atoms with E-state index in [1.165, 1.54) is 34.8 Å². The molecule has 1 aliphatic rings. The molecule has 0 atom stereocenters. The second-order valence-corrected chi connectivity index (χ2v) is 7.67. The van der Waals surface area contributed by atoms with Crippen LogP contribution in [0.4, 0.5) is 5.69 Å². The van der Waals surface area contributed by atoms with E-state index in [9.17, 15) is 23.3 Å². The van der Waals surface area contributed by atoms with Crippen molar-refractivity contribution in [1.82, 2.24) is 9.21 Å². The Bertz CT molecular complexity index is 863. The Labute approximate surface area is 151 Å². The number of nitrogens with zero attached hydrogens (tertiary/aromatic N) is 3. The zero-order valence-corrected chi connectivity index (χ0v) is 14.9. The maximum atomic E-state index is 12.2. The highest BCUT2D eigenvalue weighted by molar-refractivity contribution is 7.88. The molecule has 1 saturated heterocycles. The number of carbonyl (C=O) groups is 2. The van der Waals surface area contributed by atoms with Crippen LogP contribution in [0.3, 0.4) is 0 Å². The van der Waals surface area contributed by atoms with E-state index >= 15 is 0 Å². The number of rotatable bonds is 5. The van der Waals surface area contributed by atoms with Crippen LogP contribution in [0.5, 0.6) is 0 Å². The highest BCUT2D eigenvalue weighted by atomic mass is 32.2. The zero-order chi connectivity index (χ0) is 19.3. The third-order valence-electron chi connectivity index (χ3n) is 3.81. The van der Waals surface area contributed by atoms with Gasteiger partial charge in [-0.3, -0.25) is 4.79 Å². The van der Waals surface area contributed by atoms with Crippen molar-refractivity contribution in [2.45, 2.75) is 0 Å². The lowest BCUT2D eigenvalue weighted by atomic mass is 10.2. The normalized spacial score (nSPS) is 16.0. The zero-order valence-electron chi connectivity index (χ0n) is 14.0. The molecule has 26 heavy (non-hydrogen) atoms. The van der Waals surface area contributed by atoms with E-state index < -0.39 is 21.9 Å².